The molecule has 0 spiro atoms. The first kappa shape index (κ1) is 18.3. The zero-order valence-corrected chi connectivity index (χ0v) is 15.4. The minimum absolute atomic E-state index is 0.456. The molecule has 4 heteroatoms. The smallest absolute Gasteiger partial charge is 0.335 e. The Hall–Kier alpha value is -3.53. The number of carbonyl (C=O) groups excluding carboxylic acids is 1. The first-order valence-corrected chi connectivity index (χ1v) is 8.56. The summed E-state index contributed by atoms with van der Waals surface area (Å²) in [5, 5.41) is 0. The molecule has 0 saturated heterocycles. The van der Waals surface area contributed by atoms with E-state index < -0.39 is 5.97 Å². The Morgan fingerprint density at radius 2 is 1.48 bits per heavy atom. The number of rotatable bonds is 6. The maximum absolute atomic E-state index is 11.6. The molecule has 3 aromatic carbocycles. The van der Waals surface area contributed by atoms with Crippen LogP contribution in [0.2, 0.25) is 0 Å². The third-order valence-electron chi connectivity index (χ3n) is 4.06. The minimum Gasteiger partial charge on any atom is -0.497 e. The van der Waals surface area contributed by atoms with Crippen molar-refractivity contribution in [3.63, 3.8) is 0 Å². The number of esters is 1. The fourth-order valence-corrected chi connectivity index (χ4v) is 2.73. The second-order valence-corrected chi connectivity index (χ2v) is 6.00. The molecule has 0 heterocycles. The Kier molecular flexibility index (Phi) is 5.57. The number of carbonyl (C=O) groups is 1. The molecule has 0 atom stereocenters. The lowest BCUT2D eigenvalue weighted by atomic mass is 10.1. The highest BCUT2D eigenvalue weighted by atomic mass is 16.5. The van der Waals surface area contributed by atoms with Crippen molar-refractivity contribution in [2.75, 3.05) is 12.0 Å². The number of benzene rings is 3. The van der Waals surface area contributed by atoms with Crippen molar-refractivity contribution in [3.8, 4) is 11.5 Å². The van der Waals surface area contributed by atoms with Crippen LogP contribution in [-0.4, -0.2) is 13.1 Å². The van der Waals surface area contributed by atoms with E-state index in [0.717, 1.165) is 28.9 Å². The average molecular weight is 359 g/mol. The molecule has 0 fully saturated rings. The lowest BCUT2D eigenvalue weighted by Crippen LogP contribution is -2.11. The fourth-order valence-electron chi connectivity index (χ4n) is 2.73. The van der Waals surface area contributed by atoms with Gasteiger partial charge in [-0.25, -0.2) is 4.79 Å². The van der Waals surface area contributed by atoms with Gasteiger partial charge in [-0.05, 0) is 43.3 Å². The largest absolute Gasteiger partial charge is 0.497 e. The average Bonchev–Trinajstić information content (AvgIpc) is 2.70. The standard InChI is InChI=1S/C23H21NO3/c1-4-23(25)27-22-10-6-8-20(16-22)24(18-13-11-17(2)12-14-18)19-7-5-9-21(15-19)26-3/h4-16H,1H2,2-3H3. The summed E-state index contributed by atoms with van der Waals surface area (Å²) in [7, 11) is 1.64. The molecule has 0 radical (unpaired) electrons. The zero-order valence-electron chi connectivity index (χ0n) is 15.4. The number of aryl methyl sites for hydroxylation is 1. The van der Waals surface area contributed by atoms with Crippen molar-refractivity contribution in [2.24, 2.45) is 0 Å². The minimum atomic E-state index is -0.490. The summed E-state index contributed by atoms with van der Waals surface area (Å²) in [4.78, 5) is 13.6. The monoisotopic (exact) mass is 359 g/mol. The Morgan fingerprint density at radius 1 is 0.889 bits per heavy atom. The van der Waals surface area contributed by atoms with E-state index in [0.29, 0.717) is 5.75 Å². The summed E-state index contributed by atoms with van der Waals surface area (Å²) in [6, 6.07) is 23.4. The van der Waals surface area contributed by atoms with Gasteiger partial charge in [0.1, 0.15) is 11.5 Å². The lowest BCUT2D eigenvalue weighted by Gasteiger charge is -2.26. The van der Waals surface area contributed by atoms with Crippen LogP contribution in [0.5, 0.6) is 11.5 Å². The third-order valence-corrected chi connectivity index (χ3v) is 4.06. The molecule has 0 saturated carbocycles. The first-order valence-electron chi connectivity index (χ1n) is 8.56. The van der Waals surface area contributed by atoms with E-state index in [2.05, 4.69) is 42.7 Å². The van der Waals surface area contributed by atoms with E-state index in [1.807, 2.05) is 42.5 Å². The van der Waals surface area contributed by atoms with Crippen LogP contribution in [0, 0.1) is 6.92 Å². The van der Waals surface area contributed by atoms with Gasteiger partial charge in [-0.2, -0.15) is 0 Å². The van der Waals surface area contributed by atoms with Crippen molar-refractivity contribution in [1.82, 2.24) is 0 Å². The topological polar surface area (TPSA) is 38.8 Å². The van der Waals surface area contributed by atoms with Crippen LogP contribution in [0.15, 0.2) is 85.5 Å². The van der Waals surface area contributed by atoms with Crippen molar-refractivity contribution >= 4 is 23.0 Å². The van der Waals surface area contributed by atoms with Gasteiger partial charge in [0, 0.05) is 35.3 Å². The molecule has 4 nitrogen and oxygen atoms in total. The van der Waals surface area contributed by atoms with Crippen LogP contribution >= 0.6 is 0 Å². The molecule has 0 bridgehead atoms. The summed E-state index contributed by atoms with van der Waals surface area (Å²) in [5.41, 5.74) is 3.96. The van der Waals surface area contributed by atoms with Crippen LogP contribution in [0.25, 0.3) is 0 Å². The van der Waals surface area contributed by atoms with Gasteiger partial charge >= 0.3 is 5.97 Å². The van der Waals surface area contributed by atoms with Gasteiger partial charge in [-0.15, -0.1) is 0 Å². The molecule has 27 heavy (non-hydrogen) atoms. The molecular weight excluding hydrogens is 338 g/mol. The Labute approximate surface area is 159 Å². The second-order valence-electron chi connectivity index (χ2n) is 6.00. The summed E-state index contributed by atoms with van der Waals surface area (Å²) >= 11 is 0. The number of hydrogen-bond donors (Lipinski definition) is 0. The van der Waals surface area contributed by atoms with E-state index >= 15 is 0 Å². The summed E-state index contributed by atoms with van der Waals surface area (Å²) in [6.45, 7) is 5.49. The van der Waals surface area contributed by atoms with Crippen molar-refractivity contribution in [3.05, 3.63) is 91.0 Å². The predicted molar refractivity (Wildman–Crippen MR) is 108 cm³/mol. The number of ether oxygens (including phenoxy) is 2. The molecule has 0 unspecified atom stereocenters. The van der Waals surface area contributed by atoms with Gasteiger partial charge in [0.15, 0.2) is 0 Å². The molecule has 0 aliphatic heterocycles. The van der Waals surface area contributed by atoms with Gasteiger partial charge in [0.25, 0.3) is 0 Å². The fraction of sp³-hybridized carbons (Fsp3) is 0.0870. The number of anilines is 3. The van der Waals surface area contributed by atoms with Crippen LogP contribution < -0.4 is 14.4 Å². The van der Waals surface area contributed by atoms with E-state index in [1.165, 1.54) is 5.56 Å². The van der Waals surface area contributed by atoms with Gasteiger partial charge in [0.2, 0.25) is 0 Å². The van der Waals surface area contributed by atoms with Crippen LogP contribution in [-0.2, 0) is 4.79 Å². The molecule has 0 aliphatic carbocycles. The normalized spacial score (nSPS) is 10.1. The lowest BCUT2D eigenvalue weighted by molar-refractivity contribution is -0.128. The maximum atomic E-state index is 11.6. The van der Waals surface area contributed by atoms with E-state index in [-0.39, 0.29) is 0 Å². The second kappa shape index (κ2) is 8.23. The SMILES string of the molecule is C=CC(=O)Oc1cccc(N(c2ccc(C)cc2)c2cccc(OC)c2)c1. The molecule has 0 aliphatic rings. The molecule has 3 rings (SSSR count). The summed E-state index contributed by atoms with van der Waals surface area (Å²) < 4.78 is 10.7. The maximum Gasteiger partial charge on any atom is 0.335 e. The Morgan fingerprint density at radius 3 is 2.07 bits per heavy atom. The summed E-state index contributed by atoms with van der Waals surface area (Å²) in [6.07, 6.45) is 1.15. The molecule has 0 N–H and O–H groups in total. The highest BCUT2D eigenvalue weighted by Gasteiger charge is 2.14. The van der Waals surface area contributed by atoms with Crippen LogP contribution in [0.3, 0.4) is 0 Å². The van der Waals surface area contributed by atoms with Crippen molar-refractivity contribution < 1.29 is 14.3 Å². The number of nitrogens with zero attached hydrogens (tertiary/aromatic N) is 1. The molecule has 0 amide bonds. The third kappa shape index (κ3) is 4.36. The van der Waals surface area contributed by atoms with Gasteiger partial charge in [-0.1, -0.05) is 36.4 Å². The van der Waals surface area contributed by atoms with Crippen LogP contribution in [0.1, 0.15) is 5.56 Å². The van der Waals surface area contributed by atoms with Crippen molar-refractivity contribution in [1.29, 1.82) is 0 Å². The van der Waals surface area contributed by atoms with E-state index in [9.17, 15) is 4.79 Å². The predicted octanol–water partition coefficient (Wildman–Crippen LogP) is 5.56. The van der Waals surface area contributed by atoms with Crippen molar-refractivity contribution in [2.45, 2.75) is 6.92 Å². The zero-order chi connectivity index (χ0) is 19.2. The highest BCUT2D eigenvalue weighted by Crippen LogP contribution is 2.37. The van der Waals surface area contributed by atoms with Gasteiger partial charge in [0.05, 0.1) is 7.11 Å². The van der Waals surface area contributed by atoms with Gasteiger partial charge < -0.3 is 14.4 Å². The van der Waals surface area contributed by atoms with E-state index in [1.54, 1.807) is 13.2 Å². The Bertz CT molecular complexity index is 948. The Balaban J connectivity index is 2.09. The van der Waals surface area contributed by atoms with Crippen LogP contribution in [0.4, 0.5) is 17.1 Å². The summed E-state index contributed by atoms with van der Waals surface area (Å²) in [5.74, 6) is 0.728. The molecule has 3 aromatic rings. The molecular formula is C23H21NO3. The number of methoxy groups -OCH3 is 1. The number of hydrogen-bond acceptors (Lipinski definition) is 4. The highest BCUT2D eigenvalue weighted by molar-refractivity contribution is 5.84. The first-order chi connectivity index (χ1) is 13.1. The van der Waals surface area contributed by atoms with Gasteiger partial charge in [-0.3, -0.25) is 0 Å². The quantitative estimate of drug-likeness (QED) is 0.328. The van der Waals surface area contributed by atoms with E-state index in [4.69, 9.17) is 9.47 Å². The molecule has 0 aromatic heterocycles. The molecule has 136 valence electrons.